The predicted molar refractivity (Wildman–Crippen MR) is 417 cm³/mol. The van der Waals surface area contributed by atoms with Crippen LogP contribution in [0.15, 0.2) is 0 Å². The lowest BCUT2D eigenvalue weighted by Gasteiger charge is -1.86. The highest BCUT2D eigenvalue weighted by atomic mass is 16.5. The van der Waals surface area contributed by atoms with Crippen molar-refractivity contribution in [3.8, 4) is 0 Å². The van der Waals surface area contributed by atoms with E-state index in [1.54, 1.807) is 0 Å². The highest BCUT2D eigenvalue weighted by Gasteiger charge is 1.65. The zero-order valence-corrected chi connectivity index (χ0v) is 60.0. The molecule has 100 nitrogen and oxygen atoms in total. The Bertz CT molecular complexity index is 91.8. The van der Waals surface area contributed by atoms with Crippen LogP contribution >= 0.6 is 0 Å². The summed E-state index contributed by atoms with van der Waals surface area (Å²) >= 11 is 0. The molecule has 0 saturated heterocycles. The van der Waals surface area contributed by atoms with Gasteiger partial charge in [0.2, 0.25) is 0 Å². The van der Waals surface area contributed by atoms with Gasteiger partial charge in [0.25, 0.3) is 0 Å². The summed E-state index contributed by atoms with van der Waals surface area (Å²) < 4.78 is 14.5. The molecule has 0 unspecified atom stereocenters. The van der Waals surface area contributed by atoms with Crippen LogP contribution in [0.25, 0.3) is 0 Å². The Morgan fingerprint density at radius 3 is 0.0804 bits per heavy atom. The first-order valence-electron chi connectivity index (χ1n) is 5.97. The summed E-state index contributed by atoms with van der Waals surface area (Å²) in [4.78, 5) is 0. The first-order chi connectivity index (χ1) is 7.24. The fraction of sp³-hybridized carbons (Fsp3) is 1.00. The Kier molecular flexibility index (Phi) is 8300000. The second-order valence-electron chi connectivity index (χ2n) is 2.34. The molecule has 0 aliphatic heterocycles. The van der Waals surface area contributed by atoms with E-state index in [1.807, 2.05) is 41.5 Å². The number of hydrogen-bond acceptors (Lipinski definition) is 3. The van der Waals surface area contributed by atoms with Gasteiger partial charge in [0.15, 0.2) is 0 Å². The van der Waals surface area contributed by atoms with Crippen molar-refractivity contribution < 1.29 is 545 Å². The number of hydrogen-bond donors (Lipinski definition) is 0. The molecule has 0 aromatic rings. The van der Waals surface area contributed by atoms with Crippen LogP contribution in [0.4, 0.5) is 0 Å². The summed E-state index contributed by atoms with van der Waals surface area (Å²) in [7, 11) is 0. The fourth-order valence-electron chi connectivity index (χ4n) is 0.612. The van der Waals surface area contributed by atoms with E-state index in [-0.39, 0.29) is 531 Å². The fourth-order valence-corrected chi connectivity index (χ4v) is 0.612. The van der Waals surface area contributed by atoms with Crippen molar-refractivity contribution >= 4 is 0 Å². The van der Waals surface area contributed by atoms with E-state index in [0.717, 1.165) is 39.6 Å². The average molecular weight is 1970 g/mol. The van der Waals surface area contributed by atoms with Crippen molar-refractivity contribution in [3.63, 3.8) is 0 Å². The highest BCUT2D eigenvalue weighted by molar-refractivity contribution is 4.08. The van der Waals surface area contributed by atoms with Crippen LogP contribution in [0.2, 0.25) is 0 Å². The van der Waals surface area contributed by atoms with Gasteiger partial charge in [-0.05, 0) is 41.5 Å². The summed E-state index contributed by atoms with van der Waals surface area (Å²) in [6.45, 7) is 17.0. The third-order valence-corrected chi connectivity index (χ3v) is 1.22. The molecule has 100 heteroatoms. The van der Waals surface area contributed by atoms with Crippen molar-refractivity contribution in [2.75, 3.05) is 39.6 Å². The van der Waals surface area contributed by atoms with Crippen molar-refractivity contribution in [2.45, 2.75) is 41.5 Å². The number of ether oxygens (including phenoxy) is 3. The van der Waals surface area contributed by atoms with Gasteiger partial charge in [-0.2, -0.15) is 0 Å². The number of rotatable bonds is 6. The van der Waals surface area contributed by atoms with E-state index < -0.39 is 0 Å². The minimum atomic E-state index is 0. The van der Waals surface area contributed by atoms with E-state index >= 15 is 0 Å². The van der Waals surface area contributed by atoms with E-state index in [2.05, 4.69) is 0 Å². The van der Waals surface area contributed by atoms with Gasteiger partial charge < -0.3 is 545 Å². The van der Waals surface area contributed by atoms with E-state index in [4.69, 9.17) is 14.2 Å². The Balaban J connectivity index is -0.000000000137. The summed E-state index contributed by atoms with van der Waals surface area (Å²) in [5.74, 6) is 0. The summed E-state index contributed by atoms with van der Waals surface area (Å²) in [5.41, 5.74) is 0. The summed E-state index contributed by atoms with van der Waals surface area (Å²) in [6.07, 6.45) is 0. The Morgan fingerprint density at radius 1 is 0.0625 bits per heavy atom. The minimum absolute atomic E-state index is 0. The quantitative estimate of drug-likeness (QED) is 0.250. The van der Waals surface area contributed by atoms with Crippen molar-refractivity contribution in [3.05, 3.63) is 0 Å². The van der Waals surface area contributed by atoms with Crippen molar-refractivity contribution in [1.82, 2.24) is 0 Å². The van der Waals surface area contributed by atoms with E-state index in [1.165, 1.54) is 0 Å². The highest BCUT2D eigenvalue weighted by Crippen LogP contribution is 1.65. The Morgan fingerprint density at radius 2 is 0.0804 bits per heavy atom. The third-order valence-electron chi connectivity index (χ3n) is 1.22. The largest absolute Gasteiger partial charge is 0.412 e. The lowest BCUT2D eigenvalue weighted by molar-refractivity contribution is 0.162. The van der Waals surface area contributed by atoms with Gasteiger partial charge in [0.05, 0.1) is 0 Å². The van der Waals surface area contributed by atoms with Crippen LogP contribution in [0.3, 0.4) is 0 Å². The standard InChI is InChI=1S/3C4H10O.97H2O/c3*1-3-5-4-2;;;;;;;;;;;;;;;;;;;;;;;;;;;;;;;;;;;;;;;;;;;;;;;;;;;;;;;;;;;;;;;;;;;;;;;;;;;;;;;;;;;;;;;;;;;;;;;;;/h3*3-4H2,1-2H3;97*1H2. The molecule has 0 bridgehead atoms. The molecule has 0 aliphatic carbocycles. The molecule has 0 spiro atoms. The molecule has 0 atom stereocenters. The zero-order valence-electron chi connectivity index (χ0n) is 60.0. The van der Waals surface area contributed by atoms with Crippen molar-refractivity contribution in [2.24, 2.45) is 0 Å². The maximum atomic E-state index is 4.83. The normalized spacial score (nSPS) is 1.12. The topological polar surface area (TPSA) is 3080 Å². The molecule has 0 heterocycles. The monoisotopic (exact) mass is 1970 g/mol. The molecule has 0 saturated carbocycles. The molecule has 0 aliphatic rings. The van der Waals surface area contributed by atoms with Crippen LogP contribution < -0.4 is 0 Å². The molecular weight excluding hydrogens is 1740 g/mol. The third kappa shape index (κ3) is 292000. The Hall–Kier alpha value is -4.00. The molecular formula is C12H224O100. The molecule has 0 rings (SSSR count). The lowest BCUT2D eigenvalue weighted by Crippen LogP contribution is -1.84. The second-order valence-corrected chi connectivity index (χ2v) is 2.34. The molecule has 872 valence electrons. The van der Waals surface area contributed by atoms with E-state index in [9.17, 15) is 0 Å². The first-order valence-corrected chi connectivity index (χ1v) is 5.97. The molecule has 0 amide bonds. The van der Waals surface area contributed by atoms with Crippen LogP contribution in [0.5, 0.6) is 0 Å². The van der Waals surface area contributed by atoms with Gasteiger partial charge in [0.1, 0.15) is 0 Å². The van der Waals surface area contributed by atoms with Crippen LogP contribution in [0.1, 0.15) is 41.5 Å². The maximum Gasteiger partial charge on any atom is 0.0437 e. The van der Waals surface area contributed by atoms with Gasteiger partial charge in [-0.15, -0.1) is 0 Å². The SMILES string of the molecule is CCOCC.CCOCC.CCOCC.O.O.O.O.O.O.O.O.O.O.O.O.O.O.O.O.O.O.O.O.O.O.O.O.O.O.O.O.O.O.O.O.O.O.O.O.O.O.O.O.O.O.O.O.O.O.O.O.O.O.O.O.O.O.O.O.O.O.O.O.O.O.O.O.O.O.O.O.O.O.O.O.O.O.O.O.O.O.O.O.O.O.O.O.O.O.O.O.O.O.O.O.O.O.O.O.O. The van der Waals surface area contributed by atoms with E-state index in [0.29, 0.717) is 0 Å². The molecule has 0 aromatic heterocycles. The summed E-state index contributed by atoms with van der Waals surface area (Å²) in [5, 5.41) is 0. The molecule has 194 N–H and O–H groups in total. The summed E-state index contributed by atoms with van der Waals surface area (Å²) in [6, 6.07) is 0. The van der Waals surface area contributed by atoms with Gasteiger partial charge >= 0.3 is 0 Å². The zero-order chi connectivity index (χ0) is 12.4. The first kappa shape index (κ1) is 19300. The van der Waals surface area contributed by atoms with Gasteiger partial charge in [0, 0.05) is 39.6 Å². The minimum Gasteiger partial charge on any atom is -0.412 e. The lowest BCUT2D eigenvalue weighted by atomic mass is 10.8. The van der Waals surface area contributed by atoms with Gasteiger partial charge in [-0.3, -0.25) is 0 Å². The molecule has 112 heavy (non-hydrogen) atoms. The van der Waals surface area contributed by atoms with Crippen molar-refractivity contribution in [1.29, 1.82) is 0 Å². The average Bonchev–Trinajstić information content (AvgIpc) is 2.23. The second kappa shape index (κ2) is 48100. The van der Waals surface area contributed by atoms with Crippen LogP contribution in [0, 0.1) is 0 Å². The molecule has 0 fully saturated rings. The molecule has 0 aromatic carbocycles. The Labute approximate surface area is 628 Å². The van der Waals surface area contributed by atoms with Gasteiger partial charge in [-0.1, -0.05) is 0 Å². The molecule has 0 radical (unpaired) electrons. The van der Waals surface area contributed by atoms with Crippen LogP contribution in [-0.4, -0.2) is 571 Å². The van der Waals surface area contributed by atoms with Gasteiger partial charge in [-0.25, -0.2) is 0 Å². The van der Waals surface area contributed by atoms with Crippen LogP contribution in [-0.2, 0) is 14.2 Å². The predicted octanol–water partition coefficient (Wildman–Crippen LogP) is -76.9. The smallest absolute Gasteiger partial charge is 0.0437 e. The maximum absolute atomic E-state index is 4.83.